The number of halogens is 3. The number of alkyl halides is 2. The van der Waals surface area contributed by atoms with E-state index in [1.807, 2.05) is 0 Å². The molecule has 1 aromatic heterocycles. The van der Waals surface area contributed by atoms with Crippen molar-refractivity contribution in [2.45, 2.75) is 13.0 Å². The topological polar surface area (TPSA) is 65.2 Å². The van der Waals surface area contributed by atoms with E-state index in [4.69, 9.17) is 17.3 Å². The fraction of sp³-hybridized carbons (Fsp3) is 0.333. The van der Waals surface area contributed by atoms with Gasteiger partial charge in [-0.2, -0.15) is 0 Å². The average Bonchev–Trinajstić information content (AvgIpc) is 2.26. The molecule has 16 heavy (non-hydrogen) atoms. The fourth-order valence-electron chi connectivity index (χ4n) is 1.16. The van der Waals surface area contributed by atoms with Crippen molar-refractivity contribution in [3.8, 4) is 0 Å². The van der Waals surface area contributed by atoms with E-state index in [2.05, 4.69) is 9.72 Å². The summed E-state index contributed by atoms with van der Waals surface area (Å²) in [5, 5.41) is -0.208. The quantitative estimate of drug-likeness (QED) is 0.657. The molecule has 0 radical (unpaired) electrons. The minimum absolute atomic E-state index is 0.0831. The minimum atomic E-state index is -2.81. The van der Waals surface area contributed by atoms with Crippen LogP contribution < -0.4 is 5.73 Å². The molecular formula is C9H9ClF2N2O2. The smallest absolute Gasteiger partial charge is 0.338 e. The first-order valence-corrected chi connectivity index (χ1v) is 4.64. The third kappa shape index (κ3) is 2.45. The number of methoxy groups -OCH3 is 1. The van der Waals surface area contributed by atoms with Crippen LogP contribution >= 0.6 is 11.6 Å². The summed E-state index contributed by atoms with van der Waals surface area (Å²) >= 11 is 5.65. The minimum Gasteiger partial charge on any atom is -0.465 e. The molecule has 4 nitrogen and oxygen atoms in total. The lowest BCUT2D eigenvalue weighted by Gasteiger charge is -2.09. The molecular weight excluding hydrogens is 242 g/mol. The molecule has 1 rings (SSSR count). The van der Waals surface area contributed by atoms with E-state index in [1.54, 1.807) is 0 Å². The number of rotatable bonds is 3. The number of nitrogens with two attached hydrogens (primary N) is 1. The van der Waals surface area contributed by atoms with Gasteiger partial charge in [-0.05, 0) is 6.07 Å². The molecule has 1 aromatic rings. The molecule has 0 fully saturated rings. The van der Waals surface area contributed by atoms with Gasteiger partial charge in [0.15, 0.2) is 0 Å². The molecule has 88 valence electrons. The molecule has 0 spiro atoms. The van der Waals surface area contributed by atoms with Gasteiger partial charge in [0, 0.05) is 12.1 Å². The van der Waals surface area contributed by atoms with Crippen molar-refractivity contribution in [1.29, 1.82) is 0 Å². The fourth-order valence-corrected chi connectivity index (χ4v) is 1.43. The predicted octanol–water partition coefficient (Wildman–Crippen LogP) is 1.92. The van der Waals surface area contributed by atoms with Crippen LogP contribution in [0.15, 0.2) is 6.07 Å². The number of carbonyl (C=O) groups excluding carboxylic acids is 1. The van der Waals surface area contributed by atoms with Gasteiger partial charge in [0.25, 0.3) is 6.43 Å². The average molecular weight is 251 g/mol. The number of pyridine rings is 1. The Balaban J connectivity index is 3.36. The summed E-state index contributed by atoms with van der Waals surface area (Å²) in [6.45, 7) is -0.0835. The van der Waals surface area contributed by atoms with Gasteiger partial charge < -0.3 is 10.5 Å². The summed E-state index contributed by atoms with van der Waals surface area (Å²) in [5.74, 6) is -0.772. The zero-order valence-electron chi connectivity index (χ0n) is 8.34. The van der Waals surface area contributed by atoms with Gasteiger partial charge in [-0.3, -0.25) is 0 Å². The highest BCUT2D eigenvalue weighted by Gasteiger charge is 2.20. The molecule has 0 aliphatic rings. The van der Waals surface area contributed by atoms with Crippen LogP contribution in [0.25, 0.3) is 0 Å². The summed E-state index contributed by atoms with van der Waals surface area (Å²) < 4.78 is 29.3. The van der Waals surface area contributed by atoms with E-state index >= 15 is 0 Å². The van der Waals surface area contributed by atoms with Crippen molar-refractivity contribution < 1.29 is 18.3 Å². The molecule has 1 heterocycles. The van der Waals surface area contributed by atoms with Crippen molar-refractivity contribution in [1.82, 2.24) is 4.98 Å². The van der Waals surface area contributed by atoms with Crippen LogP contribution in [0.1, 0.15) is 28.0 Å². The SMILES string of the molecule is COC(=O)c1cc(C(F)F)nc(Cl)c1CN. The standard InChI is InChI=1S/C9H9ClF2N2O2/c1-16-9(15)4-2-6(8(11)12)14-7(10)5(4)3-13/h2,8H,3,13H2,1H3. The Bertz CT molecular complexity index is 413. The Hall–Kier alpha value is -1.27. The van der Waals surface area contributed by atoms with Gasteiger partial charge in [-0.1, -0.05) is 11.6 Å². The number of hydrogen-bond donors (Lipinski definition) is 1. The van der Waals surface area contributed by atoms with Gasteiger partial charge >= 0.3 is 5.97 Å². The third-order valence-electron chi connectivity index (χ3n) is 1.93. The molecule has 7 heteroatoms. The lowest BCUT2D eigenvalue weighted by atomic mass is 10.1. The van der Waals surface area contributed by atoms with Gasteiger partial charge in [0.2, 0.25) is 0 Å². The number of nitrogens with zero attached hydrogens (tertiary/aromatic N) is 1. The van der Waals surface area contributed by atoms with Crippen LogP contribution in [-0.4, -0.2) is 18.1 Å². The Morgan fingerprint density at radius 2 is 2.31 bits per heavy atom. The van der Waals surface area contributed by atoms with Crippen LogP contribution in [0.5, 0.6) is 0 Å². The molecule has 0 unspecified atom stereocenters. The van der Waals surface area contributed by atoms with Gasteiger partial charge in [-0.25, -0.2) is 18.6 Å². The van der Waals surface area contributed by atoms with Crippen LogP contribution in [0.4, 0.5) is 8.78 Å². The molecule has 0 aliphatic carbocycles. The van der Waals surface area contributed by atoms with E-state index in [9.17, 15) is 13.6 Å². The Morgan fingerprint density at radius 3 is 2.75 bits per heavy atom. The monoisotopic (exact) mass is 250 g/mol. The van der Waals surface area contributed by atoms with Gasteiger partial charge in [-0.15, -0.1) is 0 Å². The molecule has 0 aliphatic heterocycles. The van der Waals surface area contributed by atoms with E-state index < -0.39 is 18.1 Å². The Labute approximate surface area is 95.4 Å². The summed E-state index contributed by atoms with van der Waals surface area (Å²) in [7, 11) is 1.14. The Morgan fingerprint density at radius 1 is 1.69 bits per heavy atom. The normalized spacial score (nSPS) is 10.6. The maximum Gasteiger partial charge on any atom is 0.338 e. The van der Waals surface area contributed by atoms with E-state index in [-0.39, 0.29) is 22.8 Å². The maximum absolute atomic E-state index is 12.4. The highest BCUT2D eigenvalue weighted by Crippen LogP contribution is 2.25. The largest absolute Gasteiger partial charge is 0.465 e. The summed E-state index contributed by atoms with van der Waals surface area (Å²) in [6.07, 6.45) is -2.81. The number of aromatic nitrogens is 1. The van der Waals surface area contributed by atoms with Crippen molar-refractivity contribution in [2.75, 3.05) is 7.11 Å². The lowest BCUT2D eigenvalue weighted by Crippen LogP contribution is -2.12. The highest BCUT2D eigenvalue weighted by molar-refractivity contribution is 6.30. The summed E-state index contributed by atoms with van der Waals surface area (Å²) in [6, 6.07) is 0.935. The lowest BCUT2D eigenvalue weighted by molar-refractivity contribution is 0.0598. The van der Waals surface area contributed by atoms with Gasteiger partial charge in [0.1, 0.15) is 10.8 Å². The second-order valence-corrected chi connectivity index (χ2v) is 3.22. The summed E-state index contributed by atoms with van der Waals surface area (Å²) in [5.41, 5.74) is 4.88. The molecule has 0 saturated carbocycles. The second-order valence-electron chi connectivity index (χ2n) is 2.86. The zero-order valence-corrected chi connectivity index (χ0v) is 9.09. The number of hydrogen-bond acceptors (Lipinski definition) is 4. The zero-order chi connectivity index (χ0) is 12.3. The Kier molecular flexibility index (Phi) is 4.14. The molecule has 0 aromatic carbocycles. The van der Waals surface area contributed by atoms with Crippen LogP contribution in [0.2, 0.25) is 5.15 Å². The molecule has 0 atom stereocenters. The van der Waals surface area contributed by atoms with Crippen LogP contribution in [0.3, 0.4) is 0 Å². The predicted molar refractivity (Wildman–Crippen MR) is 53.4 cm³/mol. The molecule has 0 saturated heterocycles. The maximum atomic E-state index is 12.4. The molecule has 0 bridgehead atoms. The van der Waals surface area contributed by atoms with Crippen molar-refractivity contribution in [3.63, 3.8) is 0 Å². The first-order valence-electron chi connectivity index (χ1n) is 4.27. The molecule has 2 N–H and O–H groups in total. The van der Waals surface area contributed by atoms with E-state index in [1.165, 1.54) is 0 Å². The second kappa shape index (κ2) is 5.18. The van der Waals surface area contributed by atoms with E-state index in [0.29, 0.717) is 0 Å². The van der Waals surface area contributed by atoms with Gasteiger partial charge in [0.05, 0.1) is 12.7 Å². The first-order chi connectivity index (χ1) is 7.51. The van der Waals surface area contributed by atoms with Crippen LogP contribution in [0, 0.1) is 0 Å². The molecule has 0 amide bonds. The van der Waals surface area contributed by atoms with Crippen LogP contribution in [-0.2, 0) is 11.3 Å². The first kappa shape index (κ1) is 12.8. The number of carbonyl (C=O) groups is 1. The number of ether oxygens (including phenoxy) is 1. The third-order valence-corrected chi connectivity index (χ3v) is 2.24. The highest BCUT2D eigenvalue weighted by atomic mass is 35.5. The van der Waals surface area contributed by atoms with Crippen molar-refractivity contribution in [3.05, 3.63) is 28.0 Å². The van der Waals surface area contributed by atoms with E-state index in [0.717, 1.165) is 13.2 Å². The number of esters is 1. The van der Waals surface area contributed by atoms with Crippen molar-refractivity contribution in [2.24, 2.45) is 5.73 Å². The summed E-state index contributed by atoms with van der Waals surface area (Å²) in [4.78, 5) is 14.8. The van der Waals surface area contributed by atoms with Crippen molar-refractivity contribution >= 4 is 17.6 Å².